The van der Waals surface area contributed by atoms with E-state index in [1.807, 2.05) is 0 Å². The summed E-state index contributed by atoms with van der Waals surface area (Å²) in [6.07, 6.45) is 8.81. The third kappa shape index (κ3) is 6.15. The summed E-state index contributed by atoms with van der Waals surface area (Å²) >= 11 is 0. The van der Waals surface area contributed by atoms with Crippen molar-refractivity contribution < 1.29 is 18.4 Å². The van der Waals surface area contributed by atoms with Gasteiger partial charge in [-0.25, -0.2) is 4.39 Å². The molecule has 35 heavy (non-hydrogen) atoms. The number of anilines is 1. The maximum atomic E-state index is 13.7. The molecule has 2 heterocycles. The predicted molar refractivity (Wildman–Crippen MR) is 134 cm³/mol. The molecule has 0 atom stereocenters. The highest BCUT2D eigenvalue weighted by molar-refractivity contribution is 5.88. The van der Waals surface area contributed by atoms with E-state index >= 15 is 0 Å². The molecular weight excluding hydrogens is 447 g/mol. The Morgan fingerprint density at radius 3 is 2.63 bits per heavy atom. The quantitative estimate of drug-likeness (QED) is 0.572. The monoisotopic (exact) mass is 486 g/mol. The standard InChI is InChI=1S/C27H39FN4O3/c1-34-18-21-14-20(15-21)16-26(33)29-23-5-2-19(3-6-23)8-9-31-10-12-32(13-11-31)27-24-17-22(28)4-7-25(24)35-30-27/h4,7,17,19-21,23H,2-3,5-6,8-16,18H2,1H3,(H,29,33)/t19-,20-,21-,23-. The van der Waals surface area contributed by atoms with Crippen molar-refractivity contribution in [3.63, 3.8) is 0 Å². The zero-order chi connectivity index (χ0) is 24.2. The van der Waals surface area contributed by atoms with Crippen LogP contribution in [-0.4, -0.2) is 68.4 Å². The number of amides is 1. The molecule has 0 spiro atoms. The van der Waals surface area contributed by atoms with E-state index in [9.17, 15) is 9.18 Å². The number of carbonyl (C=O) groups is 1. The lowest BCUT2D eigenvalue weighted by molar-refractivity contribution is -0.124. The fraction of sp³-hybridized carbons (Fsp3) is 0.704. The SMILES string of the molecule is COC[C@H]1C[C@H](CC(=O)N[C@H]2CC[C@H](CCN3CCN(c4noc5ccc(F)cc45)CC3)CC2)C1. The number of aromatic nitrogens is 1. The number of nitrogens with one attached hydrogen (secondary N) is 1. The normalized spacial score (nSPS) is 27.7. The number of ether oxygens (including phenoxy) is 1. The van der Waals surface area contributed by atoms with Crippen LogP contribution < -0.4 is 10.2 Å². The molecule has 7 nitrogen and oxygen atoms in total. The van der Waals surface area contributed by atoms with Gasteiger partial charge in [0.05, 0.1) is 5.39 Å². The number of hydrogen-bond donors (Lipinski definition) is 1. The molecule has 2 aliphatic carbocycles. The molecule has 1 saturated heterocycles. The van der Waals surface area contributed by atoms with Crippen LogP contribution in [-0.2, 0) is 9.53 Å². The van der Waals surface area contributed by atoms with Crippen LogP contribution in [0.4, 0.5) is 10.2 Å². The minimum Gasteiger partial charge on any atom is -0.384 e. The van der Waals surface area contributed by atoms with Crippen molar-refractivity contribution in [1.29, 1.82) is 0 Å². The molecule has 1 aliphatic heterocycles. The number of nitrogens with zero attached hydrogens (tertiary/aromatic N) is 3. The van der Waals surface area contributed by atoms with E-state index in [4.69, 9.17) is 9.26 Å². The third-order valence-corrected chi connectivity index (χ3v) is 8.36. The molecule has 2 aromatic rings. The van der Waals surface area contributed by atoms with Gasteiger partial charge in [-0.15, -0.1) is 0 Å². The van der Waals surface area contributed by atoms with Crippen molar-refractivity contribution in [3.8, 4) is 0 Å². The van der Waals surface area contributed by atoms with Gasteiger partial charge in [-0.1, -0.05) is 5.16 Å². The summed E-state index contributed by atoms with van der Waals surface area (Å²) in [5.41, 5.74) is 0.634. The first-order valence-corrected chi connectivity index (χ1v) is 13.4. The van der Waals surface area contributed by atoms with Crippen molar-refractivity contribution >= 4 is 22.7 Å². The molecule has 1 aromatic carbocycles. The number of hydrogen-bond acceptors (Lipinski definition) is 6. The van der Waals surface area contributed by atoms with E-state index < -0.39 is 0 Å². The molecular formula is C27H39FN4O3. The topological polar surface area (TPSA) is 70.8 Å². The zero-order valence-electron chi connectivity index (χ0n) is 20.9. The predicted octanol–water partition coefficient (Wildman–Crippen LogP) is 4.22. The molecule has 3 fully saturated rings. The van der Waals surface area contributed by atoms with Crippen LogP contribution in [0.15, 0.2) is 22.7 Å². The van der Waals surface area contributed by atoms with Crippen LogP contribution in [0.3, 0.4) is 0 Å². The van der Waals surface area contributed by atoms with Crippen molar-refractivity contribution in [2.75, 3.05) is 51.3 Å². The number of carbonyl (C=O) groups excluding carboxylic acids is 1. The summed E-state index contributed by atoms with van der Waals surface area (Å²) in [7, 11) is 1.75. The minimum atomic E-state index is -0.260. The van der Waals surface area contributed by atoms with Gasteiger partial charge in [-0.2, -0.15) is 0 Å². The fourth-order valence-electron chi connectivity index (χ4n) is 6.23. The van der Waals surface area contributed by atoms with Crippen LogP contribution in [0, 0.1) is 23.6 Å². The summed E-state index contributed by atoms with van der Waals surface area (Å²) in [6, 6.07) is 4.92. The molecule has 0 bridgehead atoms. The Bertz CT molecular complexity index is 976. The third-order valence-electron chi connectivity index (χ3n) is 8.36. The smallest absolute Gasteiger partial charge is 0.220 e. The molecule has 1 amide bonds. The lowest BCUT2D eigenvalue weighted by atomic mass is 9.73. The average molecular weight is 487 g/mol. The van der Waals surface area contributed by atoms with Crippen LogP contribution in [0.25, 0.3) is 11.0 Å². The Morgan fingerprint density at radius 2 is 1.89 bits per heavy atom. The molecule has 3 aliphatic rings. The van der Waals surface area contributed by atoms with Crippen LogP contribution in [0.2, 0.25) is 0 Å². The lowest BCUT2D eigenvalue weighted by Gasteiger charge is -2.36. The maximum Gasteiger partial charge on any atom is 0.220 e. The summed E-state index contributed by atoms with van der Waals surface area (Å²) < 4.78 is 24.3. The molecule has 0 radical (unpaired) electrons. The first kappa shape index (κ1) is 24.5. The van der Waals surface area contributed by atoms with Gasteiger partial charge >= 0.3 is 0 Å². The van der Waals surface area contributed by atoms with Gasteiger partial charge in [0.2, 0.25) is 5.91 Å². The minimum absolute atomic E-state index is 0.245. The van der Waals surface area contributed by atoms with Crippen LogP contribution in [0.1, 0.15) is 51.4 Å². The summed E-state index contributed by atoms with van der Waals surface area (Å²) in [5.74, 6) is 2.70. The van der Waals surface area contributed by atoms with E-state index in [1.165, 1.54) is 31.4 Å². The highest BCUT2D eigenvalue weighted by Crippen LogP contribution is 2.36. The van der Waals surface area contributed by atoms with Gasteiger partial charge in [0.15, 0.2) is 11.4 Å². The number of methoxy groups -OCH3 is 1. The van der Waals surface area contributed by atoms with Gasteiger partial charge in [-0.3, -0.25) is 9.69 Å². The van der Waals surface area contributed by atoms with Crippen LogP contribution in [0.5, 0.6) is 0 Å². The summed E-state index contributed by atoms with van der Waals surface area (Å²) in [4.78, 5) is 17.1. The second-order valence-corrected chi connectivity index (χ2v) is 10.9. The first-order valence-electron chi connectivity index (χ1n) is 13.4. The Hall–Kier alpha value is -2.19. The van der Waals surface area contributed by atoms with Crippen molar-refractivity contribution in [3.05, 3.63) is 24.0 Å². The van der Waals surface area contributed by atoms with E-state index in [0.29, 0.717) is 29.9 Å². The van der Waals surface area contributed by atoms with E-state index in [2.05, 4.69) is 20.3 Å². The fourth-order valence-corrected chi connectivity index (χ4v) is 6.23. The maximum absolute atomic E-state index is 13.7. The Kier molecular flexibility index (Phi) is 7.88. The number of piperazine rings is 1. The van der Waals surface area contributed by atoms with Crippen molar-refractivity contribution in [2.45, 2.75) is 57.4 Å². The van der Waals surface area contributed by atoms with Gasteiger partial charge in [0, 0.05) is 52.4 Å². The molecule has 192 valence electrons. The van der Waals surface area contributed by atoms with Crippen molar-refractivity contribution in [1.82, 2.24) is 15.4 Å². The van der Waals surface area contributed by atoms with E-state index in [-0.39, 0.29) is 11.7 Å². The highest BCUT2D eigenvalue weighted by atomic mass is 19.1. The number of halogens is 1. The van der Waals surface area contributed by atoms with Gasteiger partial charge < -0.3 is 19.5 Å². The molecule has 1 N–H and O–H groups in total. The summed E-state index contributed by atoms with van der Waals surface area (Å²) in [6.45, 7) is 5.68. The number of benzene rings is 1. The summed E-state index contributed by atoms with van der Waals surface area (Å²) in [5, 5.41) is 8.25. The Morgan fingerprint density at radius 1 is 1.11 bits per heavy atom. The lowest BCUT2D eigenvalue weighted by Crippen LogP contribution is -2.47. The number of fused-ring (bicyclic) bond motifs is 1. The van der Waals surface area contributed by atoms with Crippen LogP contribution >= 0.6 is 0 Å². The first-order chi connectivity index (χ1) is 17.1. The number of rotatable bonds is 9. The average Bonchev–Trinajstić information content (AvgIpc) is 3.26. The van der Waals surface area contributed by atoms with Gasteiger partial charge in [0.25, 0.3) is 0 Å². The van der Waals surface area contributed by atoms with E-state index in [0.717, 1.165) is 82.1 Å². The highest BCUT2D eigenvalue weighted by Gasteiger charge is 2.31. The molecule has 8 heteroatoms. The second-order valence-electron chi connectivity index (χ2n) is 10.9. The molecule has 5 rings (SSSR count). The van der Waals surface area contributed by atoms with Gasteiger partial charge in [0.1, 0.15) is 5.82 Å². The molecule has 1 aromatic heterocycles. The zero-order valence-corrected chi connectivity index (χ0v) is 20.9. The largest absolute Gasteiger partial charge is 0.384 e. The second kappa shape index (κ2) is 11.2. The van der Waals surface area contributed by atoms with E-state index in [1.54, 1.807) is 13.2 Å². The Balaban J connectivity index is 0.973. The molecule has 0 unspecified atom stereocenters. The van der Waals surface area contributed by atoms with Crippen molar-refractivity contribution in [2.24, 2.45) is 17.8 Å². The molecule has 2 saturated carbocycles. The van der Waals surface area contributed by atoms with Gasteiger partial charge in [-0.05, 0) is 87.4 Å². The Labute approximate surface area is 207 Å².